The zero-order valence-electron chi connectivity index (χ0n) is 14.0. The van der Waals surface area contributed by atoms with Crippen molar-refractivity contribution in [1.29, 1.82) is 0 Å². The normalized spacial score (nSPS) is 18.7. The minimum absolute atomic E-state index is 0.0185. The number of hydrogen-bond acceptors (Lipinski definition) is 6. The topological polar surface area (TPSA) is 88.1 Å². The van der Waals surface area contributed by atoms with Crippen molar-refractivity contribution in [2.45, 2.75) is 26.2 Å². The standard InChI is InChI=1S/C16H21N5O2S/c1-11-5-4-7-17-15(11)19-14-9-12(2)18-16(20-14)13-6-8-21(10-13)24(3,22)23/h4-5,7,9,13H,6,8,10H2,1-3H3,(H,17,18,19,20). The summed E-state index contributed by atoms with van der Waals surface area (Å²) in [4.78, 5) is 13.4. The first-order valence-corrected chi connectivity index (χ1v) is 9.67. The molecule has 0 aromatic carbocycles. The van der Waals surface area contributed by atoms with Crippen LogP contribution in [0.25, 0.3) is 0 Å². The van der Waals surface area contributed by atoms with E-state index < -0.39 is 10.0 Å². The van der Waals surface area contributed by atoms with Gasteiger partial charge in [0.05, 0.1) is 6.26 Å². The van der Waals surface area contributed by atoms with E-state index in [2.05, 4.69) is 20.3 Å². The van der Waals surface area contributed by atoms with E-state index in [1.54, 1.807) is 6.20 Å². The van der Waals surface area contributed by atoms with Crippen LogP contribution in [0.15, 0.2) is 24.4 Å². The number of anilines is 2. The second kappa shape index (κ2) is 6.45. The number of sulfonamides is 1. The lowest BCUT2D eigenvalue weighted by molar-refractivity contribution is 0.476. The van der Waals surface area contributed by atoms with Gasteiger partial charge in [0.25, 0.3) is 0 Å². The molecule has 0 amide bonds. The number of aryl methyl sites for hydroxylation is 2. The van der Waals surface area contributed by atoms with Crippen molar-refractivity contribution >= 4 is 21.7 Å². The van der Waals surface area contributed by atoms with E-state index in [0.29, 0.717) is 24.7 Å². The molecule has 2 aromatic heterocycles. The van der Waals surface area contributed by atoms with Crippen molar-refractivity contribution in [2.24, 2.45) is 0 Å². The summed E-state index contributed by atoms with van der Waals surface area (Å²) in [5, 5.41) is 3.22. The molecule has 1 fully saturated rings. The first-order chi connectivity index (χ1) is 11.3. The summed E-state index contributed by atoms with van der Waals surface area (Å²) < 4.78 is 24.9. The highest BCUT2D eigenvalue weighted by Gasteiger charge is 2.31. The van der Waals surface area contributed by atoms with Gasteiger partial charge in [0.2, 0.25) is 10.0 Å². The smallest absolute Gasteiger partial charge is 0.211 e. The van der Waals surface area contributed by atoms with Crippen LogP contribution in [0, 0.1) is 13.8 Å². The third-order valence-corrected chi connectivity index (χ3v) is 5.38. The van der Waals surface area contributed by atoms with E-state index >= 15 is 0 Å². The predicted molar refractivity (Wildman–Crippen MR) is 92.8 cm³/mol. The number of nitrogens with one attached hydrogen (secondary N) is 1. The van der Waals surface area contributed by atoms with Crippen LogP contribution in [0.3, 0.4) is 0 Å². The minimum Gasteiger partial charge on any atom is -0.325 e. The fraction of sp³-hybridized carbons (Fsp3) is 0.438. The Balaban J connectivity index is 1.84. The van der Waals surface area contributed by atoms with Gasteiger partial charge in [-0.3, -0.25) is 0 Å². The molecule has 8 heteroatoms. The predicted octanol–water partition coefficient (Wildman–Crippen LogP) is 1.98. The molecule has 1 saturated heterocycles. The van der Waals surface area contributed by atoms with Gasteiger partial charge in [0, 0.05) is 37.0 Å². The molecule has 1 aliphatic rings. The zero-order chi connectivity index (χ0) is 17.3. The molecule has 2 aromatic rings. The highest BCUT2D eigenvalue weighted by molar-refractivity contribution is 7.88. The van der Waals surface area contributed by atoms with Crippen molar-refractivity contribution < 1.29 is 8.42 Å². The van der Waals surface area contributed by atoms with Gasteiger partial charge >= 0.3 is 0 Å². The lowest BCUT2D eigenvalue weighted by Crippen LogP contribution is -2.27. The molecule has 3 heterocycles. The van der Waals surface area contributed by atoms with Gasteiger partial charge in [-0.2, -0.15) is 0 Å². The van der Waals surface area contributed by atoms with Gasteiger partial charge in [0.15, 0.2) is 0 Å². The number of nitrogens with zero attached hydrogens (tertiary/aromatic N) is 4. The van der Waals surface area contributed by atoms with Crippen LogP contribution in [0.1, 0.15) is 29.4 Å². The summed E-state index contributed by atoms with van der Waals surface area (Å²) in [6.45, 7) is 4.84. The number of hydrogen-bond donors (Lipinski definition) is 1. The number of rotatable bonds is 4. The SMILES string of the molecule is Cc1cc(Nc2ncccc2C)nc(C2CCN(S(C)(=O)=O)C2)n1. The van der Waals surface area contributed by atoms with Crippen molar-refractivity contribution in [3.63, 3.8) is 0 Å². The summed E-state index contributed by atoms with van der Waals surface area (Å²) >= 11 is 0. The van der Waals surface area contributed by atoms with E-state index in [1.165, 1.54) is 10.6 Å². The molecular weight excluding hydrogens is 326 g/mol. The molecule has 24 heavy (non-hydrogen) atoms. The van der Waals surface area contributed by atoms with Crippen LogP contribution in [-0.2, 0) is 10.0 Å². The highest BCUT2D eigenvalue weighted by atomic mass is 32.2. The molecule has 0 bridgehead atoms. The molecule has 1 aliphatic heterocycles. The molecule has 0 saturated carbocycles. The van der Waals surface area contributed by atoms with Crippen LogP contribution in [0.2, 0.25) is 0 Å². The summed E-state index contributed by atoms with van der Waals surface area (Å²) in [6.07, 6.45) is 3.70. The summed E-state index contributed by atoms with van der Waals surface area (Å²) in [5.74, 6) is 2.13. The summed E-state index contributed by atoms with van der Waals surface area (Å²) in [6, 6.07) is 5.72. The molecule has 0 spiro atoms. The lowest BCUT2D eigenvalue weighted by Gasteiger charge is -2.14. The third-order valence-electron chi connectivity index (χ3n) is 4.11. The number of pyridine rings is 1. The Morgan fingerprint density at radius 3 is 2.75 bits per heavy atom. The van der Waals surface area contributed by atoms with E-state index in [-0.39, 0.29) is 5.92 Å². The van der Waals surface area contributed by atoms with Gasteiger partial charge in [-0.15, -0.1) is 0 Å². The maximum atomic E-state index is 11.7. The number of aromatic nitrogens is 3. The van der Waals surface area contributed by atoms with Crippen LogP contribution in [0.4, 0.5) is 11.6 Å². The van der Waals surface area contributed by atoms with Crippen molar-refractivity contribution in [3.8, 4) is 0 Å². The Morgan fingerprint density at radius 2 is 2.08 bits per heavy atom. The van der Waals surface area contributed by atoms with E-state index in [0.717, 1.165) is 23.5 Å². The molecular formula is C16H21N5O2S. The van der Waals surface area contributed by atoms with Crippen molar-refractivity contribution in [3.05, 3.63) is 41.5 Å². The zero-order valence-corrected chi connectivity index (χ0v) is 14.8. The fourth-order valence-electron chi connectivity index (χ4n) is 2.82. The monoisotopic (exact) mass is 347 g/mol. The Bertz CT molecular complexity index is 853. The Hall–Kier alpha value is -2.06. The van der Waals surface area contributed by atoms with Crippen molar-refractivity contribution in [1.82, 2.24) is 19.3 Å². The third kappa shape index (κ3) is 3.70. The van der Waals surface area contributed by atoms with Crippen LogP contribution < -0.4 is 5.32 Å². The van der Waals surface area contributed by atoms with Gasteiger partial charge in [0.1, 0.15) is 17.5 Å². The molecule has 1 N–H and O–H groups in total. The second-order valence-electron chi connectivity index (χ2n) is 6.15. The fourth-order valence-corrected chi connectivity index (χ4v) is 3.70. The van der Waals surface area contributed by atoms with Crippen LogP contribution in [-0.4, -0.2) is 47.0 Å². The van der Waals surface area contributed by atoms with Gasteiger partial charge < -0.3 is 5.32 Å². The Kier molecular flexibility index (Phi) is 4.51. The highest BCUT2D eigenvalue weighted by Crippen LogP contribution is 2.28. The molecule has 1 unspecified atom stereocenters. The minimum atomic E-state index is -3.17. The van der Waals surface area contributed by atoms with Crippen LogP contribution >= 0.6 is 0 Å². The Morgan fingerprint density at radius 1 is 1.29 bits per heavy atom. The second-order valence-corrected chi connectivity index (χ2v) is 8.14. The lowest BCUT2D eigenvalue weighted by atomic mass is 10.1. The average Bonchev–Trinajstić information content (AvgIpc) is 2.99. The molecule has 1 atom stereocenters. The molecule has 3 rings (SSSR count). The quantitative estimate of drug-likeness (QED) is 0.910. The summed E-state index contributed by atoms with van der Waals surface area (Å²) in [5.41, 5.74) is 1.87. The van der Waals surface area contributed by atoms with E-state index in [1.807, 2.05) is 32.0 Å². The molecule has 0 aliphatic carbocycles. The van der Waals surface area contributed by atoms with Crippen LogP contribution in [0.5, 0.6) is 0 Å². The first-order valence-electron chi connectivity index (χ1n) is 7.82. The largest absolute Gasteiger partial charge is 0.325 e. The van der Waals surface area contributed by atoms with E-state index in [9.17, 15) is 8.42 Å². The first kappa shape index (κ1) is 16.8. The van der Waals surface area contributed by atoms with E-state index in [4.69, 9.17) is 0 Å². The van der Waals surface area contributed by atoms with Gasteiger partial charge in [-0.25, -0.2) is 27.7 Å². The van der Waals surface area contributed by atoms with Gasteiger partial charge in [-0.05, 0) is 31.9 Å². The molecule has 128 valence electrons. The average molecular weight is 347 g/mol. The maximum Gasteiger partial charge on any atom is 0.211 e. The molecule has 0 radical (unpaired) electrons. The van der Waals surface area contributed by atoms with Gasteiger partial charge in [-0.1, -0.05) is 6.07 Å². The summed E-state index contributed by atoms with van der Waals surface area (Å²) in [7, 11) is -3.17. The maximum absolute atomic E-state index is 11.7. The molecule has 7 nitrogen and oxygen atoms in total. The van der Waals surface area contributed by atoms with Crippen molar-refractivity contribution in [2.75, 3.05) is 24.7 Å². The Labute approximate surface area is 142 Å².